The van der Waals surface area contributed by atoms with Crippen LogP contribution in [0, 0.1) is 0 Å². The number of hydrogen-bond acceptors (Lipinski definition) is 5. The molecule has 0 rings (SSSR count). The van der Waals surface area contributed by atoms with Gasteiger partial charge in [-0.15, -0.1) is 0 Å². The molecule has 0 aromatic heterocycles. The van der Waals surface area contributed by atoms with Gasteiger partial charge >= 0.3 is 12.1 Å². The molecule has 0 radical (unpaired) electrons. The van der Waals surface area contributed by atoms with E-state index in [-0.39, 0.29) is 0 Å². The summed E-state index contributed by atoms with van der Waals surface area (Å²) >= 11 is 0. The summed E-state index contributed by atoms with van der Waals surface area (Å²) in [5.41, 5.74) is -3.24. The topological polar surface area (TPSA) is 81.7 Å². The number of ether oxygens (including phenoxy) is 2. The third-order valence-electron chi connectivity index (χ3n) is 1.82. The van der Waals surface area contributed by atoms with Gasteiger partial charge in [0.2, 0.25) is 0 Å². The molecule has 0 saturated heterocycles. The van der Waals surface area contributed by atoms with Crippen LogP contribution in [0.5, 0.6) is 0 Å². The summed E-state index contributed by atoms with van der Waals surface area (Å²) in [6.45, 7) is 11.3. The summed E-state index contributed by atoms with van der Waals surface area (Å²) in [5.74, 6) is -0.833. The van der Waals surface area contributed by atoms with Crippen molar-refractivity contribution in [3.8, 4) is 0 Å². The highest BCUT2D eigenvalue weighted by Gasteiger charge is 2.39. The average Bonchev–Trinajstić information content (AvgIpc) is 2.11. The van der Waals surface area contributed by atoms with Crippen molar-refractivity contribution in [3.63, 3.8) is 0 Å². The van der Waals surface area contributed by atoms with Crippen LogP contribution in [0.4, 0.5) is 4.79 Å². The molecule has 0 aliphatic heterocycles. The molecule has 19 heavy (non-hydrogen) atoms. The Hall–Kier alpha value is -1.59. The third-order valence-corrected chi connectivity index (χ3v) is 1.82. The molecular formula is C13H23NO5. The van der Waals surface area contributed by atoms with Crippen molar-refractivity contribution in [1.29, 1.82) is 0 Å². The fourth-order valence-electron chi connectivity index (χ4n) is 1.03. The molecule has 1 unspecified atom stereocenters. The Labute approximate surface area is 113 Å². The quantitative estimate of drug-likeness (QED) is 0.482. The first-order chi connectivity index (χ1) is 8.29. The highest BCUT2D eigenvalue weighted by molar-refractivity contribution is 6.00. The summed E-state index contributed by atoms with van der Waals surface area (Å²) in [6, 6.07) is 0. The van der Waals surface area contributed by atoms with Gasteiger partial charge in [-0.25, -0.2) is 9.59 Å². The predicted octanol–water partition coefficient (Wildman–Crippen LogP) is 1.81. The second-order valence-corrected chi connectivity index (χ2v) is 6.45. The molecule has 0 aromatic rings. The zero-order valence-electron chi connectivity index (χ0n) is 12.6. The minimum Gasteiger partial charge on any atom is -0.458 e. The Morgan fingerprint density at radius 1 is 0.895 bits per heavy atom. The first-order valence-corrected chi connectivity index (χ1v) is 6.00. The van der Waals surface area contributed by atoms with Gasteiger partial charge in [-0.05, 0) is 48.5 Å². The van der Waals surface area contributed by atoms with E-state index in [1.54, 1.807) is 41.5 Å². The summed E-state index contributed by atoms with van der Waals surface area (Å²) < 4.78 is 10.1. The fraction of sp³-hybridized carbons (Fsp3) is 0.769. The van der Waals surface area contributed by atoms with E-state index in [2.05, 4.69) is 5.32 Å². The van der Waals surface area contributed by atoms with Crippen LogP contribution in [0.2, 0.25) is 0 Å². The number of carbonyl (C=O) groups is 3. The minimum absolute atomic E-state index is 0.324. The van der Waals surface area contributed by atoms with E-state index in [1.807, 2.05) is 0 Å². The molecule has 0 aromatic carbocycles. The van der Waals surface area contributed by atoms with Crippen LogP contribution in [-0.4, -0.2) is 35.1 Å². The normalized spacial score (nSPS) is 15.1. The van der Waals surface area contributed by atoms with E-state index in [0.29, 0.717) is 6.29 Å². The highest BCUT2D eigenvalue weighted by atomic mass is 16.6. The van der Waals surface area contributed by atoms with Gasteiger partial charge in [0.15, 0.2) is 11.8 Å². The molecule has 0 spiro atoms. The zero-order valence-corrected chi connectivity index (χ0v) is 12.6. The molecule has 1 amide bonds. The van der Waals surface area contributed by atoms with Gasteiger partial charge in [0.05, 0.1) is 0 Å². The van der Waals surface area contributed by atoms with Crippen LogP contribution in [0.15, 0.2) is 0 Å². The number of alkyl carbamates (subject to hydrolysis) is 1. The molecule has 0 aliphatic rings. The van der Waals surface area contributed by atoms with E-state index in [9.17, 15) is 14.4 Å². The first kappa shape index (κ1) is 17.4. The van der Waals surface area contributed by atoms with Crippen LogP contribution in [-0.2, 0) is 19.1 Å². The maximum Gasteiger partial charge on any atom is 0.408 e. The molecule has 0 fully saturated rings. The van der Waals surface area contributed by atoms with Gasteiger partial charge < -0.3 is 14.3 Å². The van der Waals surface area contributed by atoms with E-state index in [4.69, 9.17) is 9.47 Å². The SMILES string of the molecule is CC(C)(C)OC(=O)NC(C)(C=O)C(=O)OC(C)(C)C. The van der Waals surface area contributed by atoms with E-state index in [0.717, 1.165) is 0 Å². The van der Waals surface area contributed by atoms with Crippen LogP contribution in [0.25, 0.3) is 0 Å². The lowest BCUT2D eigenvalue weighted by Crippen LogP contribution is -2.56. The van der Waals surface area contributed by atoms with Crippen molar-refractivity contribution in [2.75, 3.05) is 0 Å². The van der Waals surface area contributed by atoms with Crippen LogP contribution < -0.4 is 5.32 Å². The predicted molar refractivity (Wildman–Crippen MR) is 69.7 cm³/mol. The lowest BCUT2D eigenvalue weighted by molar-refractivity contribution is -0.162. The van der Waals surface area contributed by atoms with E-state index in [1.165, 1.54) is 6.92 Å². The van der Waals surface area contributed by atoms with E-state index >= 15 is 0 Å². The number of rotatable bonds is 3. The van der Waals surface area contributed by atoms with Crippen LogP contribution >= 0.6 is 0 Å². The summed E-state index contributed by atoms with van der Waals surface area (Å²) in [7, 11) is 0. The molecule has 6 nitrogen and oxygen atoms in total. The number of nitrogens with one attached hydrogen (secondary N) is 1. The van der Waals surface area contributed by atoms with Crippen molar-refractivity contribution in [2.24, 2.45) is 0 Å². The van der Waals surface area contributed by atoms with E-state index < -0.39 is 28.8 Å². The van der Waals surface area contributed by atoms with Crippen LogP contribution in [0.3, 0.4) is 0 Å². The Bertz CT molecular complexity index is 364. The molecule has 6 heteroatoms. The maximum absolute atomic E-state index is 11.9. The largest absolute Gasteiger partial charge is 0.458 e. The standard InChI is InChI=1S/C13H23NO5/c1-11(2,3)18-9(16)13(7,8-15)14-10(17)19-12(4,5)6/h8H,1-7H3,(H,14,17). The van der Waals surface area contributed by atoms with Gasteiger partial charge in [0.25, 0.3) is 0 Å². The lowest BCUT2D eigenvalue weighted by atomic mass is 10.0. The lowest BCUT2D eigenvalue weighted by Gasteiger charge is -2.29. The Morgan fingerprint density at radius 3 is 1.63 bits per heavy atom. The summed E-state index contributed by atoms with van der Waals surface area (Å²) in [6.07, 6.45) is -0.529. The molecule has 0 saturated carbocycles. The number of aldehydes is 1. The molecule has 0 heterocycles. The Balaban J connectivity index is 4.84. The van der Waals surface area contributed by atoms with Gasteiger partial charge in [0, 0.05) is 0 Å². The molecule has 110 valence electrons. The fourth-order valence-corrected chi connectivity index (χ4v) is 1.03. The average molecular weight is 273 g/mol. The van der Waals surface area contributed by atoms with Gasteiger partial charge in [-0.2, -0.15) is 0 Å². The number of esters is 1. The van der Waals surface area contributed by atoms with Gasteiger partial charge in [0.1, 0.15) is 11.2 Å². The van der Waals surface area contributed by atoms with Crippen molar-refractivity contribution < 1.29 is 23.9 Å². The molecular weight excluding hydrogens is 250 g/mol. The summed E-state index contributed by atoms with van der Waals surface area (Å²) in [5, 5.41) is 2.22. The maximum atomic E-state index is 11.9. The highest BCUT2D eigenvalue weighted by Crippen LogP contribution is 2.14. The Kier molecular flexibility index (Phi) is 5.12. The zero-order chi connectivity index (χ0) is 15.5. The van der Waals surface area contributed by atoms with Crippen molar-refractivity contribution in [3.05, 3.63) is 0 Å². The van der Waals surface area contributed by atoms with Gasteiger partial charge in [-0.1, -0.05) is 0 Å². The van der Waals surface area contributed by atoms with Crippen LogP contribution in [0.1, 0.15) is 48.5 Å². The monoisotopic (exact) mass is 273 g/mol. The smallest absolute Gasteiger partial charge is 0.408 e. The number of amides is 1. The van der Waals surface area contributed by atoms with Crippen molar-refractivity contribution >= 4 is 18.3 Å². The van der Waals surface area contributed by atoms with Crippen molar-refractivity contribution in [1.82, 2.24) is 5.32 Å². The second-order valence-electron chi connectivity index (χ2n) is 6.45. The number of carbonyl (C=O) groups excluding carboxylic acids is 3. The first-order valence-electron chi connectivity index (χ1n) is 6.00. The minimum atomic E-state index is -1.77. The third kappa shape index (κ3) is 6.79. The molecule has 1 N–H and O–H groups in total. The molecule has 1 atom stereocenters. The summed E-state index contributed by atoms with van der Waals surface area (Å²) in [4.78, 5) is 34.6. The Morgan fingerprint density at radius 2 is 1.32 bits per heavy atom. The second kappa shape index (κ2) is 5.59. The molecule has 0 bridgehead atoms. The number of hydrogen-bond donors (Lipinski definition) is 1. The van der Waals surface area contributed by atoms with Crippen molar-refractivity contribution in [2.45, 2.75) is 65.2 Å². The van der Waals surface area contributed by atoms with Gasteiger partial charge in [-0.3, -0.25) is 5.32 Å². The molecule has 0 aliphatic carbocycles.